The number of aliphatic imine (C=N–C) groups is 1. The molecule has 0 spiro atoms. The van der Waals surface area contributed by atoms with Gasteiger partial charge in [-0.3, -0.25) is 9.67 Å². The zero-order chi connectivity index (χ0) is 20.3. The number of morpholine rings is 1. The van der Waals surface area contributed by atoms with E-state index in [4.69, 9.17) is 4.74 Å². The lowest BCUT2D eigenvalue weighted by atomic mass is 10.1. The Bertz CT molecular complexity index is 830. The van der Waals surface area contributed by atoms with E-state index in [0.29, 0.717) is 6.54 Å². The maximum absolute atomic E-state index is 13.2. The predicted octanol–water partition coefficient (Wildman–Crippen LogP) is 2.76. The molecule has 6 nitrogen and oxygen atoms in total. The van der Waals surface area contributed by atoms with Gasteiger partial charge in [-0.2, -0.15) is 5.10 Å². The Morgan fingerprint density at radius 2 is 2.00 bits per heavy atom. The number of hydrogen-bond acceptors (Lipinski definition) is 3. The summed E-state index contributed by atoms with van der Waals surface area (Å²) in [6.45, 7) is 8.43. The van der Waals surface area contributed by atoms with Gasteiger partial charge in [0.2, 0.25) is 0 Å². The number of ether oxygens (including phenoxy) is 1. The van der Waals surface area contributed by atoms with Crippen LogP contribution < -0.4 is 5.32 Å². The average Bonchev–Trinajstić information content (AvgIpc) is 2.91. The molecule has 28 heavy (non-hydrogen) atoms. The van der Waals surface area contributed by atoms with Crippen LogP contribution in [0.2, 0.25) is 0 Å². The van der Waals surface area contributed by atoms with E-state index in [1.54, 1.807) is 19.2 Å². The molecule has 1 saturated heterocycles. The Kier molecular flexibility index (Phi) is 6.34. The van der Waals surface area contributed by atoms with Crippen LogP contribution in [0.1, 0.15) is 35.5 Å². The highest BCUT2D eigenvalue weighted by atomic mass is 19.1. The first kappa shape index (κ1) is 20.3. The van der Waals surface area contributed by atoms with Crippen molar-refractivity contribution in [3.8, 4) is 0 Å². The number of guanidine groups is 1. The Labute approximate surface area is 166 Å². The molecule has 0 radical (unpaired) electrons. The number of benzene rings is 1. The van der Waals surface area contributed by atoms with Gasteiger partial charge in [0.25, 0.3) is 0 Å². The zero-order valence-corrected chi connectivity index (χ0v) is 17.4. The quantitative estimate of drug-likeness (QED) is 0.647. The maximum Gasteiger partial charge on any atom is 0.193 e. The molecule has 1 aromatic carbocycles. The van der Waals surface area contributed by atoms with Crippen molar-refractivity contribution >= 4 is 5.96 Å². The highest BCUT2D eigenvalue weighted by Crippen LogP contribution is 2.25. The first-order valence-corrected chi connectivity index (χ1v) is 9.74. The van der Waals surface area contributed by atoms with Crippen LogP contribution in [0.5, 0.6) is 0 Å². The third-order valence-electron chi connectivity index (χ3n) is 5.33. The van der Waals surface area contributed by atoms with Gasteiger partial charge in [-0.05, 0) is 50.5 Å². The van der Waals surface area contributed by atoms with E-state index in [1.165, 1.54) is 23.4 Å². The van der Waals surface area contributed by atoms with Crippen LogP contribution in [0.25, 0.3) is 0 Å². The first-order valence-electron chi connectivity index (χ1n) is 9.74. The number of hydrogen-bond donors (Lipinski definition) is 1. The van der Waals surface area contributed by atoms with Gasteiger partial charge in [-0.15, -0.1) is 0 Å². The lowest BCUT2D eigenvalue weighted by Crippen LogP contribution is -2.51. The fraction of sp³-hybridized carbons (Fsp3) is 0.524. The summed E-state index contributed by atoms with van der Waals surface area (Å²) in [7, 11) is 3.78. The molecule has 2 unspecified atom stereocenters. The molecule has 1 fully saturated rings. The summed E-state index contributed by atoms with van der Waals surface area (Å²) in [5.74, 6) is 0.629. The van der Waals surface area contributed by atoms with E-state index >= 15 is 0 Å². The average molecular weight is 388 g/mol. The lowest BCUT2D eigenvalue weighted by Gasteiger charge is -2.38. The van der Waals surface area contributed by atoms with Crippen molar-refractivity contribution in [1.82, 2.24) is 20.0 Å². The number of aromatic nitrogens is 2. The maximum atomic E-state index is 13.2. The highest BCUT2D eigenvalue weighted by Gasteiger charge is 2.28. The van der Waals surface area contributed by atoms with Crippen LogP contribution in [0.3, 0.4) is 0 Å². The third-order valence-corrected chi connectivity index (χ3v) is 5.33. The van der Waals surface area contributed by atoms with Crippen LogP contribution in [0, 0.1) is 19.7 Å². The van der Waals surface area contributed by atoms with Crippen molar-refractivity contribution in [3.63, 3.8) is 0 Å². The van der Waals surface area contributed by atoms with Crippen molar-refractivity contribution in [1.29, 1.82) is 0 Å². The van der Waals surface area contributed by atoms with Crippen molar-refractivity contribution in [2.75, 3.05) is 26.7 Å². The molecule has 0 aliphatic carbocycles. The minimum absolute atomic E-state index is 0.0603. The summed E-state index contributed by atoms with van der Waals surface area (Å²) >= 11 is 0. The van der Waals surface area contributed by atoms with E-state index in [2.05, 4.69) is 34.2 Å². The van der Waals surface area contributed by atoms with Crippen LogP contribution >= 0.6 is 0 Å². The minimum atomic E-state index is -0.233. The summed E-state index contributed by atoms with van der Waals surface area (Å²) in [4.78, 5) is 6.68. The topological polar surface area (TPSA) is 54.7 Å². The molecule has 1 aromatic heterocycles. The number of rotatable bonds is 4. The summed E-state index contributed by atoms with van der Waals surface area (Å²) < 4.78 is 21.3. The molecule has 2 heterocycles. The molecule has 152 valence electrons. The molecule has 2 atom stereocenters. The second-order valence-corrected chi connectivity index (χ2v) is 7.39. The van der Waals surface area contributed by atoms with Gasteiger partial charge in [0.05, 0.1) is 18.3 Å². The first-order chi connectivity index (χ1) is 13.4. The molecule has 2 aromatic rings. The second-order valence-electron chi connectivity index (χ2n) is 7.39. The Balaban J connectivity index is 1.63. The Morgan fingerprint density at radius 1 is 1.29 bits per heavy atom. The lowest BCUT2D eigenvalue weighted by molar-refractivity contribution is -0.0604. The van der Waals surface area contributed by atoms with E-state index < -0.39 is 0 Å². The Hall–Kier alpha value is -2.41. The monoisotopic (exact) mass is 387 g/mol. The van der Waals surface area contributed by atoms with E-state index in [9.17, 15) is 4.39 Å². The van der Waals surface area contributed by atoms with Crippen molar-refractivity contribution in [3.05, 3.63) is 52.6 Å². The van der Waals surface area contributed by atoms with Crippen LogP contribution in [0.4, 0.5) is 4.39 Å². The molecular weight excluding hydrogens is 357 g/mol. The molecule has 7 heteroatoms. The van der Waals surface area contributed by atoms with Gasteiger partial charge in [-0.1, -0.05) is 12.1 Å². The molecule has 0 amide bonds. The fourth-order valence-electron chi connectivity index (χ4n) is 3.80. The fourth-order valence-corrected chi connectivity index (χ4v) is 3.80. The van der Waals surface area contributed by atoms with Crippen LogP contribution in [0.15, 0.2) is 29.3 Å². The van der Waals surface area contributed by atoms with E-state index in [-0.39, 0.29) is 18.0 Å². The van der Waals surface area contributed by atoms with Crippen LogP contribution in [-0.4, -0.2) is 53.4 Å². The van der Waals surface area contributed by atoms with Crippen molar-refractivity contribution < 1.29 is 9.13 Å². The van der Waals surface area contributed by atoms with Gasteiger partial charge >= 0.3 is 0 Å². The van der Waals surface area contributed by atoms with E-state index in [1.807, 2.05) is 18.7 Å². The molecule has 3 rings (SSSR count). The molecule has 0 saturated carbocycles. The molecule has 1 aliphatic heterocycles. The van der Waals surface area contributed by atoms with Gasteiger partial charge in [0, 0.05) is 32.9 Å². The number of aryl methyl sites for hydroxylation is 2. The summed E-state index contributed by atoms with van der Waals surface area (Å²) in [5.41, 5.74) is 4.54. The highest BCUT2D eigenvalue weighted by molar-refractivity contribution is 5.80. The standard InChI is InChI=1S/C21H30FN5O/c1-14-12-27(13-20(28-14)17-6-8-18(22)9-7-17)21(23-4)24-11-10-19-15(2)25-26(5)16(19)3/h6-9,14,20H,10-13H2,1-5H3,(H,23,24). The molecule has 0 bridgehead atoms. The molecule has 1 aliphatic rings. The van der Waals surface area contributed by atoms with Crippen molar-refractivity contribution in [2.24, 2.45) is 12.0 Å². The molecule has 1 N–H and O–H groups in total. The largest absolute Gasteiger partial charge is 0.367 e. The Morgan fingerprint density at radius 3 is 2.61 bits per heavy atom. The SMILES string of the molecule is CN=C(NCCc1c(C)nn(C)c1C)N1CC(C)OC(c2ccc(F)cc2)C1. The number of nitrogens with one attached hydrogen (secondary N) is 1. The summed E-state index contributed by atoms with van der Waals surface area (Å²) in [5, 5.41) is 7.96. The zero-order valence-electron chi connectivity index (χ0n) is 17.4. The van der Waals surface area contributed by atoms with Crippen LogP contribution in [-0.2, 0) is 18.2 Å². The van der Waals surface area contributed by atoms with Gasteiger partial charge in [0.15, 0.2) is 5.96 Å². The third kappa shape index (κ3) is 4.52. The normalized spacial score (nSPS) is 20.5. The van der Waals surface area contributed by atoms with Crippen molar-refractivity contribution in [2.45, 2.75) is 39.4 Å². The minimum Gasteiger partial charge on any atom is -0.367 e. The number of halogens is 1. The van der Waals surface area contributed by atoms with Gasteiger partial charge in [-0.25, -0.2) is 4.39 Å². The smallest absolute Gasteiger partial charge is 0.193 e. The second kappa shape index (κ2) is 8.73. The molecular formula is C21H30FN5O. The van der Waals surface area contributed by atoms with Gasteiger partial charge in [0.1, 0.15) is 11.9 Å². The summed E-state index contributed by atoms with van der Waals surface area (Å²) in [6.07, 6.45) is 0.849. The van der Waals surface area contributed by atoms with Gasteiger partial charge < -0.3 is 15.0 Å². The predicted molar refractivity (Wildman–Crippen MR) is 109 cm³/mol. The summed E-state index contributed by atoms with van der Waals surface area (Å²) in [6, 6.07) is 6.54. The number of nitrogens with zero attached hydrogens (tertiary/aromatic N) is 4. The van der Waals surface area contributed by atoms with E-state index in [0.717, 1.165) is 36.7 Å².